The summed E-state index contributed by atoms with van der Waals surface area (Å²) in [5.74, 6) is 3.23. The van der Waals surface area contributed by atoms with Crippen molar-refractivity contribution in [3.05, 3.63) is 35.4 Å². The van der Waals surface area contributed by atoms with E-state index >= 15 is 0 Å². The Kier molecular flexibility index (Phi) is 4.53. The van der Waals surface area contributed by atoms with Gasteiger partial charge >= 0.3 is 0 Å². The Hall–Kier alpha value is -1.95. The minimum Gasteiger partial charge on any atom is -0.485 e. The van der Waals surface area contributed by atoms with Crippen LogP contribution in [0.5, 0.6) is 11.5 Å². The van der Waals surface area contributed by atoms with Gasteiger partial charge in [-0.3, -0.25) is 0 Å². The van der Waals surface area contributed by atoms with E-state index in [1.165, 1.54) is 36.0 Å². The molecule has 3 fully saturated rings. The van der Waals surface area contributed by atoms with Gasteiger partial charge in [0, 0.05) is 11.5 Å². The second kappa shape index (κ2) is 6.55. The van der Waals surface area contributed by atoms with Crippen LogP contribution in [0.15, 0.2) is 24.3 Å². The highest BCUT2D eigenvalue weighted by Crippen LogP contribution is 2.69. The fourth-order valence-electron chi connectivity index (χ4n) is 5.89. The number of hydrogen-bond acceptors (Lipinski definition) is 3. The first-order valence-corrected chi connectivity index (χ1v) is 10.8. The summed E-state index contributed by atoms with van der Waals surface area (Å²) < 4.78 is 12.5. The molecule has 28 heavy (non-hydrogen) atoms. The van der Waals surface area contributed by atoms with Crippen molar-refractivity contribution >= 4 is 0 Å². The predicted molar refractivity (Wildman–Crippen MR) is 112 cm³/mol. The number of ether oxygens (including phenoxy) is 2. The fourth-order valence-corrected chi connectivity index (χ4v) is 5.89. The molecule has 3 heteroatoms. The van der Waals surface area contributed by atoms with E-state index in [4.69, 9.17) is 14.7 Å². The average Bonchev–Trinajstić information content (AvgIpc) is 3.04. The fraction of sp³-hybridized carbons (Fsp3) is 0.640. The molecule has 1 aliphatic heterocycles. The van der Waals surface area contributed by atoms with Crippen LogP contribution in [0, 0.1) is 28.6 Å². The van der Waals surface area contributed by atoms with E-state index < -0.39 is 0 Å². The zero-order chi connectivity index (χ0) is 20.3. The second-order valence-corrected chi connectivity index (χ2v) is 10.2. The van der Waals surface area contributed by atoms with E-state index in [1.807, 2.05) is 0 Å². The molecule has 1 aromatic rings. The number of fused-ring (bicyclic) bond motifs is 1. The minimum absolute atomic E-state index is 0.0469. The Morgan fingerprint density at radius 3 is 2.75 bits per heavy atom. The molecule has 0 aromatic heterocycles. The van der Waals surface area contributed by atoms with E-state index in [1.54, 1.807) is 0 Å². The zero-order valence-electron chi connectivity index (χ0n) is 18.0. The van der Waals surface area contributed by atoms with E-state index in [0.29, 0.717) is 17.8 Å². The molecule has 3 nitrogen and oxygen atoms in total. The highest BCUT2D eigenvalue weighted by Gasteiger charge is 2.63. The van der Waals surface area contributed by atoms with Crippen molar-refractivity contribution in [2.75, 3.05) is 6.61 Å². The van der Waals surface area contributed by atoms with Crippen LogP contribution in [-0.2, 0) is 5.41 Å². The van der Waals surface area contributed by atoms with Crippen molar-refractivity contribution in [3.8, 4) is 17.6 Å². The average molecular weight is 380 g/mol. The van der Waals surface area contributed by atoms with Crippen LogP contribution in [0.2, 0.25) is 0 Å². The molecule has 150 valence electrons. The van der Waals surface area contributed by atoms with Gasteiger partial charge in [0.15, 0.2) is 6.61 Å². The molecule has 0 saturated heterocycles. The number of rotatable bonds is 6. The first-order chi connectivity index (χ1) is 13.2. The normalized spacial score (nSPS) is 29.2. The molecule has 0 radical (unpaired) electrons. The molecule has 0 amide bonds. The maximum absolute atomic E-state index is 9.12. The van der Waals surface area contributed by atoms with E-state index in [0.717, 1.165) is 17.9 Å². The molecular weight excluding hydrogens is 346 g/mol. The standard InChI is InChI=1S/C25H33NO2/c1-7-8-9-24(3,4)16-12-19(27-11-10-26)22-20(13-16)28-23-15(2)17-14-18(21(22)23)25(17,5)6/h12-13,17-18,21,23H,2,7-9,11,14H2,1,3-6H3/t17-,18+,21-,23-/m0/s1. The van der Waals surface area contributed by atoms with Crippen LogP contribution in [0.4, 0.5) is 0 Å². The number of nitrogens with zero attached hydrogens (tertiary/aromatic N) is 1. The summed E-state index contributed by atoms with van der Waals surface area (Å²) in [7, 11) is 0. The lowest BCUT2D eigenvalue weighted by molar-refractivity contribution is -0.0727. The van der Waals surface area contributed by atoms with Gasteiger partial charge in [-0.2, -0.15) is 5.26 Å². The molecule has 0 unspecified atom stereocenters. The van der Waals surface area contributed by atoms with Crippen LogP contribution < -0.4 is 9.47 Å². The molecule has 3 saturated carbocycles. The lowest BCUT2D eigenvalue weighted by Gasteiger charge is -2.61. The van der Waals surface area contributed by atoms with Crippen molar-refractivity contribution in [1.29, 1.82) is 5.26 Å². The Bertz CT molecular complexity index is 845. The van der Waals surface area contributed by atoms with Gasteiger partial charge in [-0.15, -0.1) is 0 Å². The Labute approximate surface area is 169 Å². The molecule has 1 aromatic carbocycles. The Morgan fingerprint density at radius 2 is 2.11 bits per heavy atom. The minimum atomic E-state index is 0.0469. The van der Waals surface area contributed by atoms with Gasteiger partial charge in [0.1, 0.15) is 23.7 Å². The quantitative estimate of drug-likeness (QED) is 0.558. The number of hydrogen-bond donors (Lipinski definition) is 0. The number of nitriles is 1. The Balaban J connectivity index is 1.78. The molecule has 0 N–H and O–H groups in total. The second-order valence-electron chi connectivity index (χ2n) is 10.2. The van der Waals surface area contributed by atoms with Crippen molar-refractivity contribution in [3.63, 3.8) is 0 Å². The molecule has 4 aliphatic rings. The summed E-state index contributed by atoms with van der Waals surface area (Å²) in [6, 6.07) is 6.55. The molecule has 5 rings (SSSR count). The summed E-state index contributed by atoms with van der Waals surface area (Å²) >= 11 is 0. The Morgan fingerprint density at radius 1 is 1.36 bits per heavy atom. The lowest BCUT2D eigenvalue weighted by atomic mass is 9.43. The third-order valence-electron chi connectivity index (χ3n) is 7.84. The molecule has 0 spiro atoms. The van der Waals surface area contributed by atoms with Crippen LogP contribution in [-0.4, -0.2) is 12.7 Å². The van der Waals surface area contributed by atoms with Crippen LogP contribution in [0.1, 0.15) is 77.3 Å². The third kappa shape index (κ3) is 2.68. The van der Waals surface area contributed by atoms with Gasteiger partial charge in [-0.25, -0.2) is 0 Å². The van der Waals surface area contributed by atoms with Gasteiger partial charge in [0.05, 0.1) is 0 Å². The number of unbranched alkanes of at least 4 members (excludes halogenated alkanes) is 1. The van der Waals surface area contributed by atoms with Gasteiger partial charge in [-0.1, -0.05) is 54.0 Å². The predicted octanol–water partition coefficient (Wildman–Crippen LogP) is 6.13. The van der Waals surface area contributed by atoms with Crippen LogP contribution >= 0.6 is 0 Å². The largest absolute Gasteiger partial charge is 0.485 e. The summed E-state index contributed by atoms with van der Waals surface area (Å²) in [5.41, 5.74) is 3.96. The highest BCUT2D eigenvalue weighted by molar-refractivity contribution is 5.58. The SMILES string of the molecule is C=C1[C@@H]2Oc3cc(C(C)(C)CCCC)cc(OCC#N)c3[C@@H]2[C@H]2C[C@@H]1C2(C)C. The maximum Gasteiger partial charge on any atom is 0.174 e. The van der Waals surface area contributed by atoms with Crippen LogP contribution in [0.3, 0.4) is 0 Å². The maximum atomic E-state index is 9.12. The van der Waals surface area contributed by atoms with E-state index in [2.05, 4.69) is 59.4 Å². The topological polar surface area (TPSA) is 42.2 Å². The third-order valence-corrected chi connectivity index (χ3v) is 7.84. The summed E-state index contributed by atoms with van der Waals surface area (Å²) in [5, 5.41) is 9.12. The van der Waals surface area contributed by atoms with Crippen molar-refractivity contribution in [2.24, 2.45) is 17.3 Å². The van der Waals surface area contributed by atoms with Crippen LogP contribution in [0.25, 0.3) is 0 Å². The van der Waals surface area contributed by atoms with Gasteiger partial charge in [0.25, 0.3) is 0 Å². The van der Waals surface area contributed by atoms with Gasteiger partial charge < -0.3 is 9.47 Å². The number of benzene rings is 1. The molecule has 1 heterocycles. The summed E-state index contributed by atoms with van der Waals surface area (Å²) in [4.78, 5) is 0. The first-order valence-electron chi connectivity index (χ1n) is 10.8. The smallest absolute Gasteiger partial charge is 0.174 e. The first kappa shape index (κ1) is 19.4. The van der Waals surface area contributed by atoms with Crippen molar-refractivity contribution in [1.82, 2.24) is 0 Å². The summed E-state index contributed by atoms with van der Waals surface area (Å²) in [6.07, 6.45) is 4.75. The zero-order valence-corrected chi connectivity index (χ0v) is 18.0. The lowest BCUT2D eigenvalue weighted by Crippen LogP contribution is -2.57. The van der Waals surface area contributed by atoms with Gasteiger partial charge in [-0.05, 0) is 58.8 Å². The van der Waals surface area contributed by atoms with E-state index in [9.17, 15) is 0 Å². The summed E-state index contributed by atoms with van der Waals surface area (Å²) in [6.45, 7) is 16.1. The monoisotopic (exact) mass is 379 g/mol. The van der Waals surface area contributed by atoms with E-state index in [-0.39, 0.29) is 23.5 Å². The van der Waals surface area contributed by atoms with Crippen molar-refractivity contribution in [2.45, 2.75) is 77.7 Å². The molecule has 2 bridgehead atoms. The molecular formula is C25H33NO2. The molecule has 4 atom stereocenters. The van der Waals surface area contributed by atoms with Crippen molar-refractivity contribution < 1.29 is 9.47 Å². The highest BCUT2D eigenvalue weighted by atomic mass is 16.5. The van der Waals surface area contributed by atoms with Gasteiger partial charge in [0.2, 0.25) is 0 Å². The molecule has 3 aliphatic carbocycles.